The van der Waals surface area contributed by atoms with Crippen LogP contribution in [-0.4, -0.2) is 6.54 Å². The summed E-state index contributed by atoms with van der Waals surface area (Å²) in [6, 6.07) is 20.3. The third-order valence-corrected chi connectivity index (χ3v) is 6.05. The highest BCUT2D eigenvalue weighted by Gasteiger charge is 2.43. The topological polar surface area (TPSA) is 27.3 Å². The molecule has 3 unspecified atom stereocenters. The molecule has 0 spiro atoms. The van der Waals surface area contributed by atoms with E-state index in [1.807, 2.05) is 12.1 Å². The summed E-state index contributed by atoms with van der Waals surface area (Å²) in [5.74, 6) is -0.255. The van der Waals surface area contributed by atoms with Crippen LogP contribution in [0.15, 0.2) is 66.7 Å². The number of hydrogen-bond acceptors (Lipinski definition) is 3. The van der Waals surface area contributed by atoms with Gasteiger partial charge >= 0.3 is 0 Å². The molecule has 5 rings (SSSR count). The molecule has 0 saturated carbocycles. The molecule has 3 aromatic carbocycles. The summed E-state index contributed by atoms with van der Waals surface area (Å²) >= 11 is 0. The minimum Gasteiger partial charge on any atom is -0.367 e. The summed E-state index contributed by atoms with van der Waals surface area (Å²) in [5.41, 5.74) is 12.1. The average molecular weight is 391 g/mol. The Morgan fingerprint density at radius 2 is 1.66 bits per heavy atom. The van der Waals surface area contributed by atoms with Crippen molar-refractivity contribution >= 4 is 5.69 Å². The molecule has 2 heterocycles. The lowest BCUT2D eigenvalue weighted by Crippen LogP contribution is -2.39. The third kappa shape index (κ3) is 3.41. The molecule has 1 fully saturated rings. The van der Waals surface area contributed by atoms with Gasteiger partial charge in [0.2, 0.25) is 0 Å². The van der Waals surface area contributed by atoms with Crippen molar-refractivity contribution in [2.75, 3.05) is 11.4 Å². The van der Waals surface area contributed by atoms with Crippen LogP contribution in [-0.2, 0) is 6.54 Å². The zero-order valence-electron chi connectivity index (χ0n) is 16.2. The first-order valence-electron chi connectivity index (χ1n) is 9.95. The second-order valence-electron chi connectivity index (χ2n) is 8.03. The Hall–Kier alpha value is -2.76. The van der Waals surface area contributed by atoms with Gasteiger partial charge in [0.1, 0.15) is 11.6 Å². The number of rotatable bonds is 3. The van der Waals surface area contributed by atoms with E-state index in [0.29, 0.717) is 6.54 Å². The second kappa shape index (κ2) is 7.25. The minimum absolute atomic E-state index is 0.0239. The van der Waals surface area contributed by atoms with Crippen molar-refractivity contribution in [3.05, 3.63) is 101 Å². The van der Waals surface area contributed by atoms with Gasteiger partial charge in [-0.25, -0.2) is 19.6 Å². The van der Waals surface area contributed by atoms with Crippen molar-refractivity contribution in [1.82, 2.24) is 10.9 Å². The zero-order valence-corrected chi connectivity index (χ0v) is 16.2. The Bertz CT molecular complexity index is 1030. The first-order valence-corrected chi connectivity index (χ1v) is 9.95. The molecule has 5 heteroatoms. The highest BCUT2D eigenvalue weighted by Crippen LogP contribution is 2.45. The summed E-state index contributed by atoms with van der Waals surface area (Å²) < 4.78 is 27.8. The average Bonchev–Trinajstić information content (AvgIpc) is 3.12. The third-order valence-electron chi connectivity index (χ3n) is 6.05. The molecule has 0 bridgehead atoms. The largest absolute Gasteiger partial charge is 0.367 e. The van der Waals surface area contributed by atoms with Crippen LogP contribution in [0.4, 0.5) is 14.5 Å². The van der Waals surface area contributed by atoms with Crippen LogP contribution in [0.3, 0.4) is 0 Å². The van der Waals surface area contributed by atoms with Crippen molar-refractivity contribution in [3.8, 4) is 0 Å². The fourth-order valence-electron chi connectivity index (χ4n) is 4.63. The van der Waals surface area contributed by atoms with Gasteiger partial charge in [-0.3, -0.25) is 0 Å². The molecule has 1 saturated heterocycles. The minimum atomic E-state index is -0.240. The van der Waals surface area contributed by atoms with Gasteiger partial charge in [0.05, 0.1) is 12.1 Å². The van der Waals surface area contributed by atoms with Gasteiger partial charge < -0.3 is 4.90 Å². The van der Waals surface area contributed by atoms with E-state index in [-0.39, 0.29) is 29.6 Å². The maximum atomic E-state index is 14.1. The molecular weight excluding hydrogens is 368 g/mol. The van der Waals surface area contributed by atoms with Gasteiger partial charge in [-0.15, -0.1) is 0 Å². The summed E-state index contributed by atoms with van der Waals surface area (Å²) in [7, 11) is 0. The zero-order chi connectivity index (χ0) is 20.0. The lowest BCUT2D eigenvalue weighted by atomic mass is 9.82. The fourth-order valence-corrected chi connectivity index (χ4v) is 4.63. The molecule has 2 N–H and O–H groups in total. The Kier molecular flexibility index (Phi) is 4.57. The van der Waals surface area contributed by atoms with E-state index in [2.05, 4.69) is 46.9 Å². The molecule has 0 amide bonds. The number of anilines is 1. The lowest BCUT2D eigenvalue weighted by molar-refractivity contribution is 0.400. The summed E-state index contributed by atoms with van der Waals surface area (Å²) in [6.07, 6.45) is 0. The maximum absolute atomic E-state index is 14.1. The van der Waals surface area contributed by atoms with Gasteiger partial charge in [-0.2, -0.15) is 0 Å². The Balaban J connectivity index is 1.52. The highest BCUT2D eigenvalue weighted by molar-refractivity contribution is 5.59. The number of nitrogens with zero attached hydrogens (tertiary/aromatic N) is 1. The predicted molar refractivity (Wildman–Crippen MR) is 110 cm³/mol. The van der Waals surface area contributed by atoms with Crippen LogP contribution in [0.2, 0.25) is 0 Å². The Morgan fingerprint density at radius 1 is 0.897 bits per heavy atom. The van der Waals surface area contributed by atoms with Crippen LogP contribution in [0.1, 0.15) is 34.3 Å². The van der Waals surface area contributed by atoms with Gasteiger partial charge in [-0.1, -0.05) is 42.0 Å². The van der Waals surface area contributed by atoms with E-state index >= 15 is 0 Å². The second-order valence-corrected chi connectivity index (χ2v) is 8.03. The van der Waals surface area contributed by atoms with E-state index in [9.17, 15) is 8.78 Å². The first-order chi connectivity index (χ1) is 14.1. The molecule has 2 aliphatic heterocycles. The normalized spacial score (nSPS) is 23.0. The lowest BCUT2D eigenvalue weighted by Gasteiger charge is -2.39. The Labute approximate surface area is 169 Å². The van der Waals surface area contributed by atoms with Crippen molar-refractivity contribution in [3.63, 3.8) is 0 Å². The quantitative estimate of drug-likeness (QED) is 0.672. The van der Waals surface area contributed by atoms with Crippen molar-refractivity contribution in [2.24, 2.45) is 5.92 Å². The van der Waals surface area contributed by atoms with Crippen LogP contribution in [0.25, 0.3) is 0 Å². The maximum Gasteiger partial charge on any atom is 0.123 e. The van der Waals surface area contributed by atoms with Crippen LogP contribution in [0, 0.1) is 24.5 Å². The van der Waals surface area contributed by atoms with Gasteiger partial charge in [0.25, 0.3) is 0 Å². The van der Waals surface area contributed by atoms with Gasteiger partial charge in [-0.05, 0) is 53.9 Å². The van der Waals surface area contributed by atoms with Gasteiger partial charge in [0, 0.05) is 24.7 Å². The number of hydrazine groups is 1. The molecule has 29 heavy (non-hydrogen) atoms. The molecule has 0 aliphatic carbocycles. The fraction of sp³-hybridized carbons (Fsp3) is 0.250. The molecule has 3 atom stereocenters. The first kappa shape index (κ1) is 18.3. The molecule has 2 aliphatic rings. The predicted octanol–water partition coefficient (Wildman–Crippen LogP) is 4.80. The number of aryl methyl sites for hydroxylation is 1. The number of hydrogen-bond donors (Lipinski definition) is 2. The number of benzene rings is 3. The molecule has 3 nitrogen and oxygen atoms in total. The van der Waals surface area contributed by atoms with E-state index in [1.165, 1.54) is 23.3 Å². The molecule has 0 radical (unpaired) electrons. The van der Waals surface area contributed by atoms with Crippen molar-refractivity contribution < 1.29 is 8.78 Å². The van der Waals surface area contributed by atoms with Crippen LogP contribution >= 0.6 is 0 Å². The van der Waals surface area contributed by atoms with Gasteiger partial charge in [0.15, 0.2) is 0 Å². The van der Waals surface area contributed by atoms with E-state index in [0.717, 1.165) is 23.4 Å². The number of fused-ring (bicyclic) bond motifs is 3. The highest BCUT2D eigenvalue weighted by atomic mass is 19.1. The smallest absolute Gasteiger partial charge is 0.123 e. The molecular formula is C24H23F2N3. The van der Waals surface area contributed by atoms with E-state index in [4.69, 9.17) is 0 Å². The standard InChI is InChI=1S/C24H23F2N3/c1-15-5-7-17(8-6-15)23-21-14-29(13-16-3-2-4-18(25)11-16)22-10-9-19(26)12-20(22)24(21)28-27-23/h2-12,21,23-24,27-28H,13-14H2,1H3. The summed E-state index contributed by atoms with van der Waals surface area (Å²) in [4.78, 5) is 2.24. The molecule has 148 valence electrons. The molecule has 3 aromatic rings. The van der Waals surface area contributed by atoms with Crippen molar-refractivity contribution in [2.45, 2.75) is 25.6 Å². The number of halogens is 2. The Morgan fingerprint density at radius 3 is 2.45 bits per heavy atom. The molecule has 0 aromatic heterocycles. The number of nitrogens with one attached hydrogen (secondary N) is 2. The summed E-state index contributed by atoms with van der Waals surface area (Å²) in [5, 5.41) is 0. The van der Waals surface area contributed by atoms with Crippen LogP contribution in [0.5, 0.6) is 0 Å². The van der Waals surface area contributed by atoms with E-state index in [1.54, 1.807) is 18.2 Å². The monoisotopic (exact) mass is 391 g/mol. The van der Waals surface area contributed by atoms with Crippen molar-refractivity contribution in [1.29, 1.82) is 0 Å². The van der Waals surface area contributed by atoms with E-state index < -0.39 is 0 Å². The van der Waals surface area contributed by atoms with Crippen LogP contribution < -0.4 is 15.8 Å². The SMILES string of the molecule is Cc1ccc(C2NNC3c4cc(F)ccc4N(Cc4cccc(F)c4)CC23)cc1. The summed E-state index contributed by atoms with van der Waals surface area (Å²) in [6.45, 7) is 3.45.